The van der Waals surface area contributed by atoms with Gasteiger partial charge in [-0.05, 0) is 61.9 Å². The maximum Gasteiger partial charge on any atom is 0.354 e. The molecule has 156 valence electrons. The molecule has 1 aliphatic heterocycles. The zero-order valence-corrected chi connectivity index (χ0v) is 17.5. The number of nitrogens with zero attached hydrogens (tertiary/aromatic N) is 4. The number of carbonyl (C=O) groups is 1. The van der Waals surface area contributed by atoms with Crippen molar-refractivity contribution in [3.8, 4) is 5.69 Å². The van der Waals surface area contributed by atoms with Crippen LogP contribution in [0, 0.1) is 0 Å². The summed E-state index contributed by atoms with van der Waals surface area (Å²) in [4.78, 5) is 14.5. The van der Waals surface area contributed by atoms with Crippen molar-refractivity contribution in [1.82, 2.24) is 19.2 Å². The Morgan fingerprint density at radius 3 is 2.67 bits per heavy atom. The fourth-order valence-electron chi connectivity index (χ4n) is 4.98. The van der Waals surface area contributed by atoms with Crippen molar-refractivity contribution in [1.29, 1.82) is 0 Å². The molecule has 1 saturated heterocycles. The number of carbonyl (C=O) groups excluding carboxylic acids is 1. The molecule has 0 amide bonds. The third-order valence-corrected chi connectivity index (χ3v) is 6.51. The first kappa shape index (κ1) is 19.1. The highest BCUT2D eigenvalue weighted by Crippen LogP contribution is 2.30. The molecule has 0 spiro atoms. The summed E-state index contributed by atoms with van der Waals surface area (Å²) in [6.07, 6.45) is 7.53. The number of aromatic nitrogens is 3. The molecule has 1 aromatic carbocycles. The lowest BCUT2D eigenvalue weighted by Gasteiger charge is -2.33. The van der Waals surface area contributed by atoms with Crippen LogP contribution >= 0.6 is 0 Å². The smallest absolute Gasteiger partial charge is 0.354 e. The van der Waals surface area contributed by atoms with Gasteiger partial charge in [0, 0.05) is 37.6 Å². The molecule has 2 aromatic heterocycles. The van der Waals surface area contributed by atoms with Crippen molar-refractivity contribution in [2.24, 2.45) is 0 Å². The van der Waals surface area contributed by atoms with E-state index in [9.17, 15) is 4.79 Å². The molecule has 0 radical (unpaired) electrons. The van der Waals surface area contributed by atoms with Gasteiger partial charge in [0.1, 0.15) is 5.69 Å². The van der Waals surface area contributed by atoms with Gasteiger partial charge in [0.05, 0.1) is 18.5 Å². The van der Waals surface area contributed by atoms with Crippen LogP contribution in [0.15, 0.2) is 48.7 Å². The van der Waals surface area contributed by atoms with Crippen molar-refractivity contribution in [3.63, 3.8) is 0 Å². The average molecular weight is 405 g/mol. The Kier molecular flexibility index (Phi) is 5.17. The Balaban J connectivity index is 1.29. The van der Waals surface area contributed by atoms with Crippen molar-refractivity contribution in [2.75, 3.05) is 20.2 Å². The molecule has 30 heavy (non-hydrogen) atoms. The van der Waals surface area contributed by atoms with E-state index in [0.29, 0.717) is 11.7 Å². The van der Waals surface area contributed by atoms with Gasteiger partial charge in [0.25, 0.3) is 0 Å². The standard InChI is InChI=1S/C24H28N4O2/c1-30-24(29)23-11-6-14-27(23)18-12-15-26(16-13-18)17-21-20-9-5-10-22(20)28(25-21)19-7-3-2-4-8-19/h2-4,6-8,11,14,18H,5,9-10,12-13,15-17H2,1H3. The number of para-hydroxylation sites is 1. The number of rotatable bonds is 5. The normalized spacial score (nSPS) is 17.2. The van der Waals surface area contributed by atoms with Crippen molar-refractivity contribution >= 4 is 5.97 Å². The molecule has 1 aliphatic carbocycles. The second kappa shape index (κ2) is 8.11. The highest BCUT2D eigenvalue weighted by molar-refractivity contribution is 5.87. The molecular weight excluding hydrogens is 376 g/mol. The average Bonchev–Trinajstić information content (AvgIpc) is 3.52. The fourth-order valence-corrected chi connectivity index (χ4v) is 4.98. The van der Waals surface area contributed by atoms with Crippen molar-refractivity contribution in [3.05, 3.63) is 71.3 Å². The molecule has 2 aliphatic rings. The summed E-state index contributed by atoms with van der Waals surface area (Å²) < 4.78 is 9.17. The van der Waals surface area contributed by atoms with E-state index in [1.54, 1.807) is 0 Å². The van der Waals surface area contributed by atoms with E-state index >= 15 is 0 Å². The molecule has 0 saturated carbocycles. The highest BCUT2D eigenvalue weighted by Gasteiger charge is 2.27. The number of esters is 1. The van der Waals surface area contributed by atoms with Crippen molar-refractivity contribution < 1.29 is 9.53 Å². The molecule has 0 N–H and O–H groups in total. The van der Waals surface area contributed by atoms with Crippen molar-refractivity contribution in [2.45, 2.75) is 44.7 Å². The van der Waals surface area contributed by atoms with Crippen LogP contribution in [0.5, 0.6) is 0 Å². The number of hydrogen-bond acceptors (Lipinski definition) is 4. The van der Waals surface area contributed by atoms with Crippen LogP contribution < -0.4 is 0 Å². The number of piperidine rings is 1. The first-order valence-electron chi connectivity index (χ1n) is 10.9. The van der Waals surface area contributed by atoms with E-state index in [4.69, 9.17) is 9.84 Å². The van der Waals surface area contributed by atoms with E-state index in [1.807, 2.05) is 18.3 Å². The number of methoxy groups -OCH3 is 1. The van der Waals surface area contributed by atoms with E-state index in [-0.39, 0.29) is 5.97 Å². The zero-order valence-electron chi connectivity index (χ0n) is 17.5. The van der Waals surface area contributed by atoms with Crippen LogP contribution in [0.25, 0.3) is 5.69 Å². The van der Waals surface area contributed by atoms with E-state index < -0.39 is 0 Å². The zero-order chi connectivity index (χ0) is 20.5. The summed E-state index contributed by atoms with van der Waals surface area (Å²) >= 11 is 0. The number of ether oxygens (including phenoxy) is 1. The third-order valence-electron chi connectivity index (χ3n) is 6.51. The Hall–Kier alpha value is -2.86. The Morgan fingerprint density at radius 1 is 1.10 bits per heavy atom. The van der Waals surface area contributed by atoms with Gasteiger partial charge in [-0.2, -0.15) is 5.10 Å². The van der Waals surface area contributed by atoms with E-state index in [2.05, 4.69) is 44.5 Å². The topological polar surface area (TPSA) is 52.3 Å². The minimum atomic E-state index is -0.260. The van der Waals surface area contributed by atoms with Crippen LogP contribution in [0.1, 0.15) is 52.7 Å². The summed E-state index contributed by atoms with van der Waals surface area (Å²) in [5, 5.41) is 5.02. The lowest BCUT2D eigenvalue weighted by atomic mass is 10.0. The maximum absolute atomic E-state index is 12.0. The number of hydrogen-bond donors (Lipinski definition) is 0. The van der Waals surface area contributed by atoms with Crippen LogP contribution in [0.4, 0.5) is 0 Å². The number of likely N-dealkylation sites (tertiary alicyclic amines) is 1. The number of benzene rings is 1. The Labute approximate surface area is 177 Å². The van der Waals surface area contributed by atoms with Gasteiger partial charge in [-0.3, -0.25) is 4.90 Å². The third kappa shape index (κ3) is 3.45. The van der Waals surface area contributed by atoms with Crippen LogP contribution in [-0.2, 0) is 24.1 Å². The predicted molar refractivity (Wildman–Crippen MR) is 115 cm³/mol. The number of fused-ring (bicyclic) bond motifs is 1. The largest absolute Gasteiger partial charge is 0.464 e. The molecule has 0 unspecified atom stereocenters. The molecule has 0 atom stereocenters. The van der Waals surface area contributed by atoms with Crippen LogP contribution in [0.3, 0.4) is 0 Å². The minimum Gasteiger partial charge on any atom is -0.464 e. The van der Waals surface area contributed by atoms with Gasteiger partial charge in [-0.1, -0.05) is 18.2 Å². The maximum atomic E-state index is 12.0. The molecule has 3 aromatic rings. The van der Waals surface area contributed by atoms with Gasteiger partial charge >= 0.3 is 5.97 Å². The fraction of sp³-hybridized carbons (Fsp3) is 0.417. The van der Waals surface area contributed by atoms with Gasteiger partial charge in [0.15, 0.2) is 0 Å². The van der Waals surface area contributed by atoms with Gasteiger partial charge in [-0.15, -0.1) is 0 Å². The SMILES string of the molecule is COC(=O)c1cccn1C1CCN(Cc2nn(-c3ccccc3)c3c2CCC3)CC1. The summed E-state index contributed by atoms with van der Waals surface area (Å²) in [6.45, 7) is 2.93. The van der Waals surface area contributed by atoms with Crippen LogP contribution in [0.2, 0.25) is 0 Å². The monoisotopic (exact) mass is 404 g/mol. The molecule has 6 heteroatoms. The van der Waals surface area contributed by atoms with E-state index in [1.165, 1.54) is 30.5 Å². The quantitative estimate of drug-likeness (QED) is 0.607. The Bertz CT molecular complexity index is 1030. The molecule has 0 bridgehead atoms. The molecule has 6 nitrogen and oxygen atoms in total. The first-order chi connectivity index (χ1) is 14.7. The lowest BCUT2D eigenvalue weighted by molar-refractivity contribution is 0.0581. The van der Waals surface area contributed by atoms with Crippen LogP contribution in [-0.4, -0.2) is 45.4 Å². The molecule has 3 heterocycles. The summed E-state index contributed by atoms with van der Waals surface area (Å²) in [5.41, 5.74) is 5.89. The van der Waals surface area contributed by atoms with Gasteiger partial charge < -0.3 is 9.30 Å². The predicted octanol–water partition coefficient (Wildman–Crippen LogP) is 3.79. The summed E-state index contributed by atoms with van der Waals surface area (Å²) in [5.74, 6) is -0.260. The summed E-state index contributed by atoms with van der Waals surface area (Å²) in [6, 6.07) is 14.6. The molecule has 5 rings (SSSR count). The van der Waals surface area contributed by atoms with Gasteiger partial charge in [-0.25, -0.2) is 9.48 Å². The van der Waals surface area contributed by atoms with Gasteiger partial charge in [0.2, 0.25) is 0 Å². The second-order valence-corrected chi connectivity index (χ2v) is 8.27. The summed E-state index contributed by atoms with van der Waals surface area (Å²) in [7, 11) is 1.44. The highest BCUT2D eigenvalue weighted by atomic mass is 16.5. The minimum absolute atomic E-state index is 0.260. The van der Waals surface area contributed by atoms with E-state index in [0.717, 1.165) is 51.0 Å². The first-order valence-corrected chi connectivity index (χ1v) is 10.9. The Morgan fingerprint density at radius 2 is 1.90 bits per heavy atom. The lowest BCUT2D eigenvalue weighted by Crippen LogP contribution is -2.35. The molecule has 1 fully saturated rings. The molecular formula is C24H28N4O2. The second-order valence-electron chi connectivity index (χ2n) is 8.27.